The predicted octanol–water partition coefficient (Wildman–Crippen LogP) is 2.17. The number of hydrogen-bond donors (Lipinski definition) is 2. The third-order valence-corrected chi connectivity index (χ3v) is 2.54. The first-order chi connectivity index (χ1) is 8.17. The van der Waals surface area contributed by atoms with E-state index in [0.717, 1.165) is 0 Å². The van der Waals surface area contributed by atoms with Crippen molar-refractivity contribution >= 4 is 23.2 Å². The second-order valence-electron chi connectivity index (χ2n) is 3.49. The van der Waals surface area contributed by atoms with E-state index < -0.39 is 6.04 Å². The van der Waals surface area contributed by atoms with Crippen molar-refractivity contribution in [2.45, 2.75) is 19.4 Å². The van der Waals surface area contributed by atoms with Gasteiger partial charge < -0.3 is 10.6 Å². The molecule has 0 saturated carbocycles. The maximum absolute atomic E-state index is 11.5. The van der Waals surface area contributed by atoms with Crippen molar-refractivity contribution < 1.29 is 4.79 Å². The van der Waals surface area contributed by atoms with Crippen LogP contribution in [-0.4, -0.2) is 18.5 Å². The molecule has 1 aromatic rings. The van der Waals surface area contributed by atoms with Gasteiger partial charge in [-0.15, -0.1) is 0 Å². The molecule has 0 aromatic heterocycles. The number of nitriles is 1. The lowest BCUT2D eigenvalue weighted by Crippen LogP contribution is -2.37. The molecule has 0 aliphatic heterocycles. The molecule has 0 heterocycles. The molecule has 0 saturated heterocycles. The highest BCUT2D eigenvalue weighted by Gasteiger charge is 2.08. The smallest absolute Gasteiger partial charge is 0.240 e. The summed E-state index contributed by atoms with van der Waals surface area (Å²) in [4.78, 5) is 11.5. The zero-order valence-electron chi connectivity index (χ0n) is 9.53. The van der Waals surface area contributed by atoms with Gasteiger partial charge in [0.25, 0.3) is 0 Å². The lowest BCUT2D eigenvalue weighted by Gasteiger charge is -2.11. The van der Waals surface area contributed by atoms with Gasteiger partial charge in [0.2, 0.25) is 5.91 Å². The summed E-state index contributed by atoms with van der Waals surface area (Å²) in [5.41, 5.74) is 0.703. The van der Waals surface area contributed by atoms with Crippen LogP contribution in [0.15, 0.2) is 24.3 Å². The Hall–Kier alpha value is -1.73. The molecule has 4 nitrogen and oxygen atoms in total. The molecule has 0 bridgehead atoms. The maximum atomic E-state index is 11.5. The third kappa shape index (κ3) is 4.33. The zero-order valence-corrected chi connectivity index (χ0v) is 10.3. The monoisotopic (exact) mass is 251 g/mol. The van der Waals surface area contributed by atoms with Gasteiger partial charge in [-0.05, 0) is 18.6 Å². The molecule has 1 aromatic carbocycles. The number of amides is 1. The van der Waals surface area contributed by atoms with Gasteiger partial charge in [0.15, 0.2) is 0 Å². The summed E-state index contributed by atoms with van der Waals surface area (Å²) in [6.07, 6.45) is 0.592. The molecular weight excluding hydrogens is 238 g/mol. The molecular formula is C12H14ClN3O. The highest BCUT2D eigenvalue weighted by Crippen LogP contribution is 2.19. The van der Waals surface area contributed by atoms with Gasteiger partial charge in [-0.3, -0.25) is 4.79 Å². The van der Waals surface area contributed by atoms with E-state index in [1.54, 1.807) is 12.1 Å². The highest BCUT2D eigenvalue weighted by atomic mass is 35.5. The number of para-hydroxylation sites is 1. The number of nitrogens with one attached hydrogen (secondary N) is 2. The average molecular weight is 252 g/mol. The molecule has 0 fully saturated rings. The van der Waals surface area contributed by atoms with Crippen molar-refractivity contribution in [2.24, 2.45) is 0 Å². The topological polar surface area (TPSA) is 64.9 Å². The molecule has 90 valence electrons. The molecule has 17 heavy (non-hydrogen) atoms. The van der Waals surface area contributed by atoms with Crippen LogP contribution in [0.5, 0.6) is 0 Å². The Morgan fingerprint density at radius 1 is 1.53 bits per heavy atom. The number of rotatable bonds is 5. The van der Waals surface area contributed by atoms with Crippen LogP contribution < -0.4 is 10.6 Å². The van der Waals surface area contributed by atoms with E-state index in [1.807, 2.05) is 25.1 Å². The van der Waals surface area contributed by atoms with E-state index in [2.05, 4.69) is 10.6 Å². The number of anilines is 1. The fraction of sp³-hybridized carbons (Fsp3) is 0.333. The third-order valence-electron chi connectivity index (χ3n) is 2.21. The molecule has 2 N–H and O–H groups in total. The first-order valence-corrected chi connectivity index (χ1v) is 5.72. The van der Waals surface area contributed by atoms with Crippen molar-refractivity contribution in [2.75, 3.05) is 11.9 Å². The molecule has 0 unspecified atom stereocenters. The van der Waals surface area contributed by atoms with E-state index >= 15 is 0 Å². The largest absolute Gasteiger partial charge is 0.375 e. The van der Waals surface area contributed by atoms with Crippen LogP contribution >= 0.6 is 11.6 Å². The molecule has 0 aliphatic carbocycles. The molecule has 0 aliphatic rings. The Kier molecular flexibility index (Phi) is 5.31. The van der Waals surface area contributed by atoms with Gasteiger partial charge >= 0.3 is 0 Å². The Balaban J connectivity index is 2.44. The quantitative estimate of drug-likeness (QED) is 0.843. The van der Waals surface area contributed by atoms with Gasteiger partial charge in [0.1, 0.15) is 6.04 Å². The molecule has 0 radical (unpaired) electrons. The lowest BCUT2D eigenvalue weighted by molar-refractivity contribution is -0.119. The van der Waals surface area contributed by atoms with Crippen LogP contribution in [0.4, 0.5) is 5.69 Å². The normalized spacial score (nSPS) is 11.4. The van der Waals surface area contributed by atoms with E-state index in [0.29, 0.717) is 17.1 Å². The van der Waals surface area contributed by atoms with Gasteiger partial charge in [0, 0.05) is 0 Å². The van der Waals surface area contributed by atoms with Crippen LogP contribution in [0.1, 0.15) is 13.3 Å². The highest BCUT2D eigenvalue weighted by molar-refractivity contribution is 6.33. The second kappa shape index (κ2) is 6.77. The van der Waals surface area contributed by atoms with Crippen LogP contribution in [-0.2, 0) is 4.79 Å². The van der Waals surface area contributed by atoms with E-state index in [1.165, 1.54) is 0 Å². The Morgan fingerprint density at radius 2 is 2.24 bits per heavy atom. The summed E-state index contributed by atoms with van der Waals surface area (Å²) >= 11 is 5.92. The maximum Gasteiger partial charge on any atom is 0.240 e. The minimum absolute atomic E-state index is 0.0991. The van der Waals surface area contributed by atoms with Crippen LogP contribution in [0.2, 0.25) is 5.02 Å². The molecule has 1 atom stereocenters. The summed E-state index contributed by atoms with van der Waals surface area (Å²) in [5, 5.41) is 14.8. The molecule has 0 spiro atoms. The van der Waals surface area contributed by atoms with Gasteiger partial charge in [0.05, 0.1) is 23.3 Å². The van der Waals surface area contributed by atoms with Crippen molar-refractivity contribution in [1.82, 2.24) is 5.32 Å². The summed E-state index contributed by atoms with van der Waals surface area (Å²) < 4.78 is 0. The van der Waals surface area contributed by atoms with Crippen molar-refractivity contribution in [3.63, 3.8) is 0 Å². The number of nitrogens with zero attached hydrogens (tertiary/aromatic N) is 1. The van der Waals surface area contributed by atoms with Crippen LogP contribution in [0, 0.1) is 11.3 Å². The number of halogens is 1. The fourth-order valence-corrected chi connectivity index (χ4v) is 1.45. The Morgan fingerprint density at radius 3 is 2.82 bits per heavy atom. The van der Waals surface area contributed by atoms with E-state index in [4.69, 9.17) is 16.9 Å². The first-order valence-electron chi connectivity index (χ1n) is 5.34. The SMILES string of the molecule is CC[C@H](C#N)NC(=O)CNc1ccccc1Cl. The zero-order chi connectivity index (χ0) is 12.7. The second-order valence-corrected chi connectivity index (χ2v) is 3.90. The average Bonchev–Trinajstić information content (AvgIpc) is 2.35. The predicted molar refractivity (Wildman–Crippen MR) is 67.8 cm³/mol. The van der Waals surface area contributed by atoms with Gasteiger partial charge in [-0.25, -0.2) is 0 Å². The number of hydrogen-bond acceptors (Lipinski definition) is 3. The minimum atomic E-state index is -0.435. The molecule has 1 rings (SSSR count). The standard InChI is InChI=1S/C12H14ClN3O/c1-2-9(7-14)16-12(17)8-15-11-6-4-3-5-10(11)13/h3-6,9,15H,2,8H2,1H3,(H,16,17)/t9-/m1/s1. The molecule has 5 heteroatoms. The summed E-state index contributed by atoms with van der Waals surface area (Å²) in [5.74, 6) is -0.224. The first kappa shape index (κ1) is 13.3. The summed E-state index contributed by atoms with van der Waals surface area (Å²) in [6.45, 7) is 1.94. The lowest BCUT2D eigenvalue weighted by atomic mass is 10.2. The van der Waals surface area contributed by atoms with E-state index in [9.17, 15) is 4.79 Å². The number of benzene rings is 1. The van der Waals surface area contributed by atoms with Crippen LogP contribution in [0.3, 0.4) is 0 Å². The number of carbonyl (C=O) groups excluding carboxylic acids is 1. The fourth-order valence-electron chi connectivity index (χ4n) is 1.25. The Labute approximate surface area is 106 Å². The Bertz CT molecular complexity index is 428. The van der Waals surface area contributed by atoms with Crippen molar-refractivity contribution in [1.29, 1.82) is 5.26 Å². The van der Waals surface area contributed by atoms with E-state index in [-0.39, 0.29) is 12.5 Å². The number of carbonyl (C=O) groups is 1. The van der Waals surface area contributed by atoms with Crippen molar-refractivity contribution in [3.05, 3.63) is 29.3 Å². The van der Waals surface area contributed by atoms with Gasteiger partial charge in [-0.2, -0.15) is 5.26 Å². The molecule has 1 amide bonds. The summed E-state index contributed by atoms with van der Waals surface area (Å²) in [6, 6.07) is 8.75. The van der Waals surface area contributed by atoms with Crippen LogP contribution in [0.25, 0.3) is 0 Å². The minimum Gasteiger partial charge on any atom is -0.375 e. The summed E-state index contributed by atoms with van der Waals surface area (Å²) in [7, 11) is 0. The van der Waals surface area contributed by atoms with Crippen molar-refractivity contribution in [3.8, 4) is 6.07 Å². The van der Waals surface area contributed by atoms with Gasteiger partial charge in [-0.1, -0.05) is 30.7 Å².